The Morgan fingerprint density at radius 2 is 1.83 bits per heavy atom. The average molecular weight is 259 g/mol. The molecule has 5 nitrogen and oxygen atoms in total. The number of rotatable bonds is 5. The quantitative estimate of drug-likeness (QED) is 0.770. The van der Waals surface area contributed by atoms with Gasteiger partial charge >= 0.3 is 12.1 Å². The largest absolute Gasteiger partial charge is 0.467 e. The van der Waals surface area contributed by atoms with Gasteiger partial charge in [-0.2, -0.15) is 0 Å². The molecular weight excluding hydrogens is 234 g/mol. The van der Waals surface area contributed by atoms with E-state index in [4.69, 9.17) is 9.47 Å². The standard InChI is InChI=1S/C13H25NO4/c1-7-8-9(2)10(11(15)17-6)14-12(16)18-13(3,4)5/h9-10H,7-8H2,1-6H3,(H,14,16). The molecule has 0 aromatic carbocycles. The predicted molar refractivity (Wildman–Crippen MR) is 69.2 cm³/mol. The van der Waals surface area contributed by atoms with Crippen molar-refractivity contribution in [2.24, 2.45) is 5.92 Å². The van der Waals surface area contributed by atoms with E-state index in [1.807, 2.05) is 13.8 Å². The number of hydrogen-bond acceptors (Lipinski definition) is 4. The van der Waals surface area contributed by atoms with Gasteiger partial charge in [0, 0.05) is 0 Å². The summed E-state index contributed by atoms with van der Waals surface area (Å²) in [6, 6.07) is -0.662. The third-order valence-electron chi connectivity index (χ3n) is 2.44. The van der Waals surface area contributed by atoms with Gasteiger partial charge in [-0.3, -0.25) is 0 Å². The van der Waals surface area contributed by atoms with Crippen LogP contribution in [0.3, 0.4) is 0 Å². The van der Waals surface area contributed by atoms with Gasteiger partial charge in [0.05, 0.1) is 7.11 Å². The summed E-state index contributed by atoms with van der Waals surface area (Å²) in [5.41, 5.74) is -0.585. The number of alkyl carbamates (subject to hydrolysis) is 1. The highest BCUT2D eigenvalue weighted by molar-refractivity contribution is 5.81. The van der Waals surface area contributed by atoms with Gasteiger partial charge in [-0.15, -0.1) is 0 Å². The zero-order chi connectivity index (χ0) is 14.3. The molecule has 0 saturated heterocycles. The summed E-state index contributed by atoms with van der Waals surface area (Å²) in [4.78, 5) is 23.3. The molecule has 0 bridgehead atoms. The van der Waals surface area contributed by atoms with Crippen LogP contribution in [-0.4, -0.2) is 30.8 Å². The molecule has 106 valence electrons. The molecular formula is C13H25NO4. The van der Waals surface area contributed by atoms with E-state index in [0.717, 1.165) is 12.8 Å². The van der Waals surface area contributed by atoms with Crippen LogP contribution in [0.4, 0.5) is 4.79 Å². The van der Waals surface area contributed by atoms with Gasteiger partial charge in [0.2, 0.25) is 0 Å². The number of amides is 1. The summed E-state index contributed by atoms with van der Waals surface area (Å²) in [7, 11) is 1.31. The van der Waals surface area contributed by atoms with E-state index in [0.29, 0.717) is 0 Å². The van der Waals surface area contributed by atoms with E-state index in [1.54, 1.807) is 20.8 Å². The van der Waals surface area contributed by atoms with Gasteiger partial charge in [-0.25, -0.2) is 9.59 Å². The Bertz CT molecular complexity index is 283. The summed E-state index contributed by atoms with van der Waals surface area (Å²) in [6.45, 7) is 9.25. The van der Waals surface area contributed by atoms with E-state index in [2.05, 4.69) is 5.32 Å². The summed E-state index contributed by atoms with van der Waals surface area (Å²) in [5.74, 6) is -0.434. The monoisotopic (exact) mass is 259 g/mol. The van der Waals surface area contributed by atoms with Crippen molar-refractivity contribution in [3.63, 3.8) is 0 Å². The molecule has 5 heteroatoms. The highest BCUT2D eigenvalue weighted by Crippen LogP contribution is 2.13. The van der Waals surface area contributed by atoms with Gasteiger partial charge in [0.15, 0.2) is 0 Å². The first-order valence-corrected chi connectivity index (χ1v) is 6.28. The van der Waals surface area contributed by atoms with Crippen LogP contribution in [-0.2, 0) is 14.3 Å². The molecule has 2 unspecified atom stereocenters. The molecule has 0 spiro atoms. The van der Waals surface area contributed by atoms with Crippen LogP contribution in [0, 0.1) is 5.92 Å². The molecule has 0 fully saturated rings. The third-order valence-corrected chi connectivity index (χ3v) is 2.44. The van der Waals surface area contributed by atoms with Crippen molar-refractivity contribution in [3.8, 4) is 0 Å². The second-order valence-corrected chi connectivity index (χ2v) is 5.41. The zero-order valence-corrected chi connectivity index (χ0v) is 12.2. The molecule has 1 amide bonds. The van der Waals surface area contributed by atoms with Gasteiger partial charge in [0.1, 0.15) is 11.6 Å². The zero-order valence-electron chi connectivity index (χ0n) is 12.2. The van der Waals surface area contributed by atoms with E-state index in [9.17, 15) is 9.59 Å². The molecule has 0 rings (SSSR count). The first kappa shape index (κ1) is 16.7. The van der Waals surface area contributed by atoms with Crippen molar-refractivity contribution >= 4 is 12.1 Å². The van der Waals surface area contributed by atoms with Gasteiger partial charge in [-0.05, 0) is 33.1 Å². The number of carbonyl (C=O) groups excluding carboxylic acids is 2. The lowest BCUT2D eigenvalue weighted by molar-refractivity contribution is -0.144. The lowest BCUT2D eigenvalue weighted by Gasteiger charge is -2.25. The highest BCUT2D eigenvalue weighted by atomic mass is 16.6. The normalized spacial score (nSPS) is 14.6. The number of hydrogen-bond donors (Lipinski definition) is 1. The molecule has 0 aliphatic heterocycles. The van der Waals surface area contributed by atoms with E-state index >= 15 is 0 Å². The van der Waals surface area contributed by atoms with Gasteiger partial charge in [-0.1, -0.05) is 20.3 Å². The van der Waals surface area contributed by atoms with Crippen LogP contribution in [0.25, 0.3) is 0 Å². The molecule has 0 aromatic heterocycles. The minimum Gasteiger partial charge on any atom is -0.467 e. The van der Waals surface area contributed by atoms with Crippen molar-refractivity contribution in [2.75, 3.05) is 7.11 Å². The van der Waals surface area contributed by atoms with E-state index in [-0.39, 0.29) is 5.92 Å². The van der Waals surface area contributed by atoms with Crippen LogP contribution >= 0.6 is 0 Å². The van der Waals surface area contributed by atoms with Crippen LogP contribution < -0.4 is 5.32 Å². The van der Waals surface area contributed by atoms with Crippen LogP contribution in [0.5, 0.6) is 0 Å². The Hall–Kier alpha value is -1.26. The second-order valence-electron chi connectivity index (χ2n) is 5.41. The molecule has 1 N–H and O–H groups in total. The topological polar surface area (TPSA) is 64.6 Å². The summed E-state index contributed by atoms with van der Waals surface area (Å²) >= 11 is 0. The minimum absolute atomic E-state index is 0.00923. The van der Waals surface area contributed by atoms with Gasteiger partial charge < -0.3 is 14.8 Å². The van der Waals surface area contributed by atoms with Crippen molar-refractivity contribution in [2.45, 2.75) is 59.1 Å². The number of carbonyl (C=O) groups is 2. The second kappa shape index (κ2) is 7.24. The summed E-state index contributed by atoms with van der Waals surface area (Å²) < 4.78 is 9.83. The van der Waals surface area contributed by atoms with E-state index in [1.165, 1.54) is 7.11 Å². The molecule has 0 saturated carbocycles. The van der Waals surface area contributed by atoms with Crippen LogP contribution in [0.15, 0.2) is 0 Å². The SMILES string of the molecule is CCCC(C)C(NC(=O)OC(C)(C)C)C(=O)OC. The lowest BCUT2D eigenvalue weighted by atomic mass is 9.97. The summed E-state index contributed by atoms with van der Waals surface area (Å²) in [6.07, 6.45) is 1.17. The Labute approximate surface area is 109 Å². The van der Waals surface area contributed by atoms with Crippen LogP contribution in [0.2, 0.25) is 0 Å². The number of esters is 1. The molecule has 0 aliphatic carbocycles. The first-order chi connectivity index (χ1) is 8.21. The fourth-order valence-corrected chi connectivity index (χ4v) is 1.62. The highest BCUT2D eigenvalue weighted by Gasteiger charge is 2.29. The molecule has 2 atom stereocenters. The molecule has 0 heterocycles. The Kier molecular flexibility index (Phi) is 6.73. The maximum atomic E-state index is 11.7. The molecule has 18 heavy (non-hydrogen) atoms. The number of nitrogens with one attached hydrogen (secondary N) is 1. The minimum atomic E-state index is -0.662. The lowest BCUT2D eigenvalue weighted by Crippen LogP contribution is -2.47. The molecule has 0 aliphatic rings. The third kappa shape index (κ3) is 6.47. The van der Waals surface area contributed by atoms with E-state index < -0.39 is 23.7 Å². The predicted octanol–water partition coefficient (Wildman–Crippen LogP) is 2.49. The molecule has 0 radical (unpaired) electrons. The van der Waals surface area contributed by atoms with Gasteiger partial charge in [0.25, 0.3) is 0 Å². The summed E-state index contributed by atoms with van der Waals surface area (Å²) in [5, 5.41) is 2.57. The smallest absolute Gasteiger partial charge is 0.408 e. The average Bonchev–Trinajstić information content (AvgIpc) is 2.22. The maximum absolute atomic E-state index is 11.7. The van der Waals surface area contributed by atoms with Crippen molar-refractivity contribution in [1.29, 1.82) is 0 Å². The van der Waals surface area contributed by atoms with Crippen molar-refractivity contribution < 1.29 is 19.1 Å². The van der Waals surface area contributed by atoms with Crippen molar-refractivity contribution in [1.82, 2.24) is 5.32 Å². The maximum Gasteiger partial charge on any atom is 0.408 e. The fourth-order valence-electron chi connectivity index (χ4n) is 1.62. The molecule has 0 aromatic rings. The Balaban J connectivity index is 4.59. The first-order valence-electron chi connectivity index (χ1n) is 6.28. The van der Waals surface area contributed by atoms with Crippen LogP contribution in [0.1, 0.15) is 47.5 Å². The fraction of sp³-hybridized carbons (Fsp3) is 0.846. The Morgan fingerprint density at radius 3 is 2.22 bits per heavy atom. The van der Waals surface area contributed by atoms with Crippen molar-refractivity contribution in [3.05, 3.63) is 0 Å². The number of methoxy groups -OCH3 is 1. The number of ether oxygens (including phenoxy) is 2. The Morgan fingerprint density at radius 1 is 1.28 bits per heavy atom.